The molecule has 0 aliphatic carbocycles. The third kappa shape index (κ3) is 3.15. The number of amides is 2. The molecule has 20 heavy (non-hydrogen) atoms. The second-order valence-corrected chi connectivity index (χ2v) is 6.34. The maximum Gasteiger partial charge on any atom is 0.327 e. The summed E-state index contributed by atoms with van der Waals surface area (Å²) in [6, 6.07) is -1.22. The summed E-state index contributed by atoms with van der Waals surface area (Å²) >= 11 is 2.49. The fraction of sp³-hybridized carbons (Fsp3) is 0.545. The Morgan fingerprint density at radius 2 is 2.35 bits per heavy atom. The average molecular weight is 317 g/mol. The van der Waals surface area contributed by atoms with Gasteiger partial charge in [-0.25, -0.2) is 9.59 Å². The molecule has 2 heterocycles. The number of hydrogen-bond acceptors (Lipinski definition) is 5. The zero-order valence-corrected chi connectivity index (χ0v) is 12.4. The van der Waals surface area contributed by atoms with Gasteiger partial charge >= 0.3 is 16.9 Å². The monoisotopic (exact) mass is 317 g/mol. The molecule has 2 amide bonds. The Kier molecular flexibility index (Phi) is 4.71. The molecule has 110 valence electrons. The maximum atomic E-state index is 12.2. The Morgan fingerprint density at radius 1 is 1.60 bits per heavy atom. The molecule has 0 bridgehead atoms. The van der Waals surface area contributed by atoms with Crippen LogP contribution in [0, 0.1) is 0 Å². The van der Waals surface area contributed by atoms with Gasteiger partial charge in [-0.3, -0.25) is 9.69 Å². The van der Waals surface area contributed by atoms with Crippen LogP contribution in [0.4, 0.5) is 4.79 Å². The van der Waals surface area contributed by atoms with E-state index in [9.17, 15) is 14.4 Å². The van der Waals surface area contributed by atoms with E-state index < -0.39 is 18.0 Å². The number of urea groups is 1. The summed E-state index contributed by atoms with van der Waals surface area (Å²) in [5, 5.41) is 13.3. The van der Waals surface area contributed by atoms with E-state index in [1.165, 1.54) is 16.7 Å². The fourth-order valence-electron chi connectivity index (χ4n) is 2.00. The number of carbonyl (C=O) groups is 2. The Morgan fingerprint density at radius 3 is 2.90 bits per heavy atom. The average Bonchev–Trinajstić information content (AvgIpc) is 3.01. The number of nitrogens with zero attached hydrogens (tertiary/aromatic N) is 1. The minimum atomic E-state index is -0.993. The van der Waals surface area contributed by atoms with Crippen molar-refractivity contribution < 1.29 is 14.7 Å². The summed E-state index contributed by atoms with van der Waals surface area (Å²) in [6.07, 6.45) is 0.692. The standard InChI is InChI=1S/C11H15N3O4S2/c1-2-8-14(7(5-19-8)9(15)16)10(17)12-3-6-4-20-11(18)13-6/h4,7-8H,2-3,5H2,1H3,(H,12,17)(H,13,18)(H,15,16). The topological polar surface area (TPSA) is 102 Å². The zero-order chi connectivity index (χ0) is 14.7. The molecule has 0 aromatic carbocycles. The number of aromatic amines is 1. The van der Waals surface area contributed by atoms with Gasteiger partial charge in [-0.1, -0.05) is 18.3 Å². The second-order valence-electron chi connectivity index (χ2n) is 4.29. The van der Waals surface area contributed by atoms with Crippen LogP contribution in [0.5, 0.6) is 0 Å². The summed E-state index contributed by atoms with van der Waals surface area (Å²) in [6.45, 7) is 2.10. The van der Waals surface area contributed by atoms with Crippen LogP contribution >= 0.6 is 23.1 Å². The van der Waals surface area contributed by atoms with Crippen LogP contribution in [-0.4, -0.2) is 44.2 Å². The van der Waals surface area contributed by atoms with Crippen molar-refractivity contribution in [1.29, 1.82) is 0 Å². The van der Waals surface area contributed by atoms with Crippen LogP contribution in [0.15, 0.2) is 10.2 Å². The third-order valence-electron chi connectivity index (χ3n) is 2.96. The van der Waals surface area contributed by atoms with E-state index in [0.717, 1.165) is 11.3 Å². The summed E-state index contributed by atoms with van der Waals surface area (Å²) < 4.78 is 0. The van der Waals surface area contributed by atoms with Crippen molar-refractivity contribution in [2.24, 2.45) is 0 Å². The number of nitrogens with one attached hydrogen (secondary N) is 2. The number of aromatic nitrogens is 1. The number of rotatable bonds is 4. The Bertz CT molecular complexity index is 556. The van der Waals surface area contributed by atoms with E-state index in [4.69, 9.17) is 5.11 Å². The van der Waals surface area contributed by atoms with Crippen molar-refractivity contribution in [3.63, 3.8) is 0 Å². The molecule has 1 aromatic heterocycles. The van der Waals surface area contributed by atoms with Gasteiger partial charge < -0.3 is 15.4 Å². The molecule has 3 N–H and O–H groups in total. The Labute approximate surface area is 123 Å². The number of thiazole rings is 1. The molecule has 0 saturated carbocycles. The summed E-state index contributed by atoms with van der Waals surface area (Å²) in [5.74, 6) is -0.594. The van der Waals surface area contributed by atoms with Gasteiger partial charge in [0.05, 0.1) is 11.9 Å². The first-order chi connectivity index (χ1) is 9.52. The highest BCUT2D eigenvalue weighted by molar-refractivity contribution is 8.00. The molecule has 2 unspecified atom stereocenters. The highest BCUT2D eigenvalue weighted by Crippen LogP contribution is 2.31. The summed E-state index contributed by atoms with van der Waals surface area (Å²) in [5.41, 5.74) is 0.611. The van der Waals surface area contributed by atoms with Gasteiger partial charge in [0, 0.05) is 16.8 Å². The summed E-state index contributed by atoms with van der Waals surface area (Å²) in [7, 11) is 0. The molecule has 9 heteroatoms. The van der Waals surface area contributed by atoms with Gasteiger partial charge in [-0.05, 0) is 6.42 Å². The van der Waals surface area contributed by atoms with E-state index in [-0.39, 0.29) is 16.8 Å². The SMILES string of the molecule is CCC1SCC(C(=O)O)N1C(=O)NCc1csc(=O)[nH]1. The van der Waals surface area contributed by atoms with Gasteiger partial charge in [0.2, 0.25) is 0 Å². The van der Waals surface area contributed by atoms with Crippen molar-refractivity contribution in [3.8, 4) is 0 Å². The number of H-pyrrole nitrogens is 1. The number of carbonyl (C=O) groups excluding carboxylic acids is 1. The smallest absolute Gasteiger partial charge is 0.327 e. The molecule has 7 nitrogen and oxygen atoms in total. The molecule has 2 rings (SSSR count). The van der Waals surface area contributed by atoms with Gasteiger partial charge in [0.25, 0.3) is 0 Å². The lowest BCUT2D eigenvalue weighted by molar-refractivity contribution is -0.141. The van der Waals surface area contributed by atoms with Crippen molar-refractivity contribution in [2.45, 2.75) is 31.3 Å². The quantitative estimate of drug-likeness (QED) is 0.765. The van der Waals surface area contributed by atoms with E-state index >= 15 is 0 Å². The first-order valence-electron chi connectivity index (χ1n) is 6.10. The van der Waals surface area contributed by atoms with Crippen LogP contribution in [0.1, 0.15) is 19.0 Å². The van der Waals surface area contributed by atoms with E-state index in [1.807, 2.05) is 6.92 Å². The van der Waals surface area contributed by atoms with Crippen LogP contribution in [0.25, 0.3) is 0 Å². The van der Waals surface area contributed by atoms with Gasteiger partial charge in [0.15, 0.2) is 0 Å². The molecule has 0 radical (unpaired) electrons. The van der Waals surface area contributed by atoms with Crippen molar-refractivity contribution in [3.05, 3.63) is 20.7 Å². The number of carboxylic acids is 1. The first-order valence-corrected chi connectivity index (χ1v) is 8.03. The largest absolute Gasteiger partial charge is 0.480 e. The van der Waals surface area contributed by atoms with E-state index in [0.29, 0.717) is 17.9 Å². The molecule has 2 atom stereocenters. The Balaban J connectivity index is 2.01. The minimum absolute atomic E-state index is 0.127. The van der Waals surface area contributed by atoms with Gasteiger partial charge in [-0.2, -0.15) is 0 Å². The first kappa shape index (κ1) is 14.9. The van der Waals surface area contributed by atoms with Crippen molar-refractivity contribution >= 4 is 35.1 Å². The van der Waals surface area contributed by atoms with E-state index in [1.54, 1.807) is 5.38 Å². The van der Waals surface area contributed by atoms with Crippen LogP contribution in [0.2, 0.25) is 0 Å². The molecule has 1 saturated heterocycles. The third-order valence-corrected chi connectivity index (χ3v) is 5.13. The number of aliphatic carboxylic acids is 1. The predicted molar refractivity (Wildman–Crippen MR) is 77.0 cm³/mol. The van der Waals surface area contributed by atoms with Crippen LogP contribution in [0.3, 0.4) is 0 Å². The highest BCUT2D eigenvalue weighted by atomic mass is 32.2. The Hall–Kier alpha value is -1.48. The van der Waals surface area contributed by atoms with Crippen LogP contribution in [-0.2, 0) is 11.3 Å². The molecule has 1 aromatic rings. The molecule has 0 spiro atoms. The lowest BCUT2D eigenvalue weighted by Crippen LogP contribution is -2.49. The highest BCUT2D eigenvalue weighted by Gasteiger charge is 2.40. The molecule has 1 fully saturated rings. The fourth-order valence-corrected chi connectivity index (χ4v) is 3.93. The lowest BCUT2D eigenvalue weighted by atomic mass is 10.3. The lowest BCUT2D eigenvalue weighted by Gasteiger charge is -2.26. The van der Waals surface area contributed by atoms with Crippen molar-refractivity contribution in [1.82, 2.24) is 15.2 Å². The normalized spacial score (nSPS) is 21.9. The maximum absolute atomic E-state index is 12.2. The zero-order valence-electron chi connectivity index (χ0n) is 10.8. The van der Waals surface area contributed by atoms with Crippen LogP contribution < -0.4 is 10.2 Å². The predicted octanol–water partition coefficient (Wildman–Crippen LogP) is 0.884. The van der Waals surface area contributed by atoms with E-state index in [2.05, 4.69) is 10.3 Å². The number of carboxylic acid groups (broad SMARTS) is 1. The summed E-state index contributed by atoms with van der Waals surface area (Å²) in [4.78, 5) is 38.1. The minimum Gasteiger partial charge on any atom is -0.480 e. The van der Waals surface area contributed by atoms with Gasteiger partial charge in [0.1, 0.15) is 6.04 Å². The molecule has 1 aliphatic heterocycles. The molecular weight excluding hydrogens is 302 g/mol. The van der Waals surface area contributed by atoms with Crippen molar-refractivity contribution in [2.75, 3.05) is 5.75 Å². The van der Waals surface area contributed by atoms with Gasteiger partial charge in [-0.15, -0.1) is 11.8 Å². The molecular formula is C11H15N3O4S2. The number of hydrogen-bond donors (Lipinski definition) is 3. The molecule has 1 aliphatic rings. The number of thioether (sulfide) groups is 1. The second kappa shape index (κ2) is 6.31.